The third-order valence-corrected chi connectivity index (χ3v) is 2.59. The van der Waals surface area contributed by atoms with Gasteiger partial charge >= 0.3 is 0 Å². The monoisotopic (exact) mass is 82.1 g/mol. The van der Waals surface area contributed by atoms with Crippen molar-refractivity contribution in [2.45, 2.75) is 19.8 Å². The van der Waals surface area contributed by atoms with E-state index in [4.69, 9.17) is 0 Å². The summed E-state index contributed by atoms with van der Waals surface area (Å²) in [7, 11) is 0. The maximum Gasteiger partial charge on any atom is -0.0355 e. The molecule has 2 atom stereocenters. The molecule has 0 aromatic heterocycles. The number of rotatable bonds is 0. The van der Waals surface area contributed by atoms with E-state index in [0.29, 0.717) is 0 Å². The summed E-state index contributed by atoms with van der Waals surface area (Å²) >= 11 is 0. The zero-order chi connectivity index (χ0) is 4.15. The normalized spacial score (nSPS) is 62.5. The van der Waals surface area contributed by atoms with Crippen molar-refractivity contribution in [3.05, 3.63) is 0 Å². The summed E-state index contributed by atoms with van der Waals surface area (Å²) < 4.78 is 0. The van der Waals surface area contributed by atoms with Crippen LogP contribution in [-0.2, 0) is 0 Å². The fourth-order valence-electron chi connectivity index (χ4n) is 1.71. The van der Waals surface area contributed by atoms with Gasteiger partial charge in [0.05, 0.1) is 0 Å². The van der Waals surface area contributed by atoms with E-state index in [9.17, 15) is 0 Å². The van der Waals surface area contributed by atoms with Crippen LogP contribution in [0.25, 0.3) is 0 Å². The molecule has 0 bridgehead atoms. The molecule has 2 rings (SSSR count). The summed E-state index contributed by atoms with van der Waals surface area (Å²) in [5.74, 6) is 3.53. The van der Waals surface area contributed by atoms with Gasteiger partial charge in [0.1, 0.15) is 0 Å². The van der Waals surface area contributed by atoms with E-state index in [-0.39, 0.29) is 0 Å². The van der Waals surface area contributed by atoms with Crippen LogP contribution in [0.15, 0.2) is 0 Å². The first-order chi connectivity index (χ1) is 2.89. The first-order valence-corrected chi connectivity index (χ1v) is 2.89. The summed E-state index contributed by atoms with van der Waals surface area (Å²) in [6.45, 7) is 2.38. The summed E-state index contributed by atoms with van der Waals surface area (Å²) in [6, 6.07) is 0. The van der Waals surface area contributed by atoms with Gasteiger partial charge in [-0.3, -0.25) is 0 Å². The topological polar surface area (TPSA) is 0 Å². The lowest BCUT2D eigenvalue weighted by Gasteiger charge is -2.04. The zero-order valence-electron chi connectivity index (χ0n) is 4.15. The molecule has 0 spiro atoms. The van der Waals surface area contributed by atoms with Crippen molar-refractivity contribution < 1.29 is 0 Å². The lowest BCUT2D eigenvalue weighted by molar-refractivity contribution is 0.468. The number of hydrogen-bond donors (Lipinski definition) is 0. The Balaban J connectivity index is 2.11. The van der Waals surface area contributed by atoms with Crippen molar-refractivity contribution in [1.82, 2.24) is 0 Å². The Morgan fingerprint density at radius 2 is 1.67 bits per heavy atom. The highest BCUT2D eigenvalue weighted by Gasteiger charge is 2.52. The largest absolute Gasteiger partial charge is 0.0620 e. The van der Waals surface area contributed by atoms with Crippen molar-refractivity contribution in [3.8, 4) is 0 Å². The summed E-state index contributed by atoms with van der Waals surface area (Å²) in [6.07, 6.45) is 3.09. The molecule has 0 radical (unpaired) electrons. The van der Waals surface area contributed by atoms with Crippen LogP contribution in [0.2, 0.25) is 0 Å². The van der Waals surface area contributed by atoms with Crippen molar-refractivity contribution in [2.24, 2.45) is 17.8 Å². The lowest BCUT2D eigenvalue weighted by Crippen LogP contribution is -1.93. The van der Waals surface area contributed by atoms with E-state index in [1.165, 1.54) is 11.8 Å². The van der Waals surface area contributed by atoms with Crippen LogP contribution >= 0.6 is 0 Å². The van der Waals surface area contributed by atoms with Crippen LogP contribution in [0.5, 0.6) is 0 Å². The molecule has 0 nitrogen and oxygen atoms in total. The molecule has 2 fully saturated rings. The quantitative estimate of drug-likeness (QED) is 0.417. The van der Waals surface area contributed by atoms with Gasteiger partial charge in [-0.25, -0.2) is 0 Å². The minimum absolute atomic E-state index is 1.13. The van der Waals surface area contributed by atoms with Gasteiger partial charge in [0.25, 0.3) is 0 Å². The van der Waals surface area contributed by atoms with E-state index >= 15 is 0 Å². The Hall–Kier alpha value is 0. The molecule has 0 aliphatic heterocycles. The lowest BCUT2D eigenvalue weighted by atomic mass is 10.0. The van der Waals surface area contributed by atoms with Crippen LogP contribution in [0, 0.1) is 17.8 Å². The van der Waals surface area contributed by atoms with Crippen LogP contribution in [0.4, 0.5) is 0 Å². The molecular weight excluding hydrogens is 72.1 g/mol. The van der Waals surface area contributed by atoms with Gasteiger partial charge in [0.2, 0.25) is 0 Å². The third kappa shape index (κ3) is 0.160. The van der Waals surface area contributed by atoms with E-state index in [0.717, 1.165) is 5.92 Å². The molecule has 0 heterocycles. The summed E-state index contributed by atoms with van der Waals surface area (Å²) in [5, 5.41) is 0. The van der Waals surface area contributed by atoms with E-state index in [1.54, 1.807) is 12.8 Å². The van der Waals surface area contributed by atoms with Gasteiger partial charge in [0, 0.05) is 0 Å². The molecule has 0 aromatic carbocycles. The Bertz CT molecular complexity index is 59.4. The van der Waals surface area contributed by atoms with Crippen LogP contribution in [0.1, 0.15) is 19.8 Å². The maximum atomic E-state index is 2.38. The average Bonchev–Trinajstić information content (AvgIpc) is 1.63. The van der Waals surface area contributed by atoms with Gasteiger partial charge in [-0.05, 0) is 30.6 Å². The highest BCUT2D eigenvalue weighted by molar-refractivity contribution is 5.01. The van der Waals surface area contributed by atoms with Gasteiger partial charge in [-0.2, -0.15) is 0 Å². The molecule has 2 aliphatic rings. The Morgan fingerprint density at radius 3 is 1.67 bits per heavy atom. The van der Waals surface area contributed by atoms with E-state index in [2.05, 4.69) is 6.92 Å². The zero-order valence-corrected chi connectivity index (χ0v) is 4.15. The second-order valence-electron chi connectivity index (χ2n) is 2.76. The Labute approximate surface area is 38.6 Å². The summed E-state index contributed by atoms with van der Waals surface area (Å²) in [4.78, 5) is 0. The number of fused-ring (bicyclic) bond motifs is 1. The van der Waals surface area contributed by atoms with Crippen molar-refractivity contribution >= 4 is 0 Å². The minimum Gasteiger partial charge on any atom is -0.0620 e. The Morgan fingerprint density at radius 1 is 1.17 bits per heavy atom. The first kappa shape index (κ1) is 3.06. The van der Waals surface area contributed by atoms with Gasteiger partial charge in [-0.1, -0.05) is 6.92 Å². The van der Waals surface area contributed by atoms with Crippen LogP contribution in [0.3, 0.4) is 0 Å². The van der Waals surface area contributed by atoms with E-state index < -0.39 is 0 Å². The molecule has 0 heteroatoms. The fraction of sp³-hybridized carbons (Fsp3) is 1.00. The van der Waals surface area contributed by atoms with Crippen molar-refractivity contribution in [3.63, 3.8) is 0 Å². The van der Waals surface area contributed by atoms with Crippen LogP contribution < -0.4 is 0 Å². The van der Waals surface area contributed by atoms with Gasteiger partial charge in [-0.15, -0.1) is 0 Å². The molecule has 34 valence electrons. The predicted molar refractivity (Wildman–Crippen MR) is 25.4 cm³/mol. The minimum atomic E-state index is 1.13. The highest BCUT2D eigenvalue weighted by atomic mass is 14.6. The third-order valence-electron chi connectivity index (χ3n) is 2.59. The second kappa shape index (κ2) is 0.661. The van der Waals surface area contributed by atoms with Crippen LogP contribution in [-0.4, -0.2) is 0 Å². The second-order valence-corrected chi connectivity index (χ2v) is 2.76. The molecule has 0 aromatic rings. The molecule has 0 amide bonds. The molecule has 0 unspecified atom stereocenters. The van der Waals surface area contributed by atoms with Crippen molar-refractivity contribution in [2.75, 3.05) is 0 Å². The average molecular weight is 82.1 g/mol. The SMILES string of the molecule is CC1[C@@H]2CC[C@@H]12. The highest BCUT2D eigenvalue weighted by Crippen LogP contribution is 2.60. The molecule has 2 saturated carbocycles. The van der Waals surface area contributed by atoms with Crippen molar-refractivity contribution in [1.29, 1.82) is 0 Å². The molecule has 0 N–H and O–H groups in total. The molecule has 6 heavy (non-hydrogen) atoms. The maximum absolute atomic E-state index is 2.38. The smallest absolute Gasteiger partial charge is 0.0355 e. The fourth-order valence-corrected chi connectivity index (χ4v) is 1.71. The standard InChI is InChI=1S/C6H10/c1-4-5-2-3-6(4)5/h4-6H,2-3H2,1H3/t5-,6-/m0/s1. The predicted octanol–water partition coefficient (Wildman–Crippen LogP) is 1.66. The summed E-state index contributed by atoms with van der Waals surface area (Å²) in [5.41, 5.74) is 0. The Kier molecular flexibility index (Phi) is 0.337. The number of hydrogen-bond acceptors (Lipinski definition) is 0. The van der Waals surface area contributed by atoms with E-state index in [1.807, 2.05) is 0 Å². The van der Waals surface area contributed by atoms with Gasteiger partial charge < -0.3 is 0 Å². The molecule has 0 saturated heterocycles. The first-order valence-electron chi connectivity index (χ1n) is 2.89. The van der Waals surface area contributed by atoms with Gasteiger partial charge in [0.15, 0.2) is 0 Å². The molecule has 2 aliphatic carbocycles. The molecular formula is C6H10.